The average molecular weight is 335 g/mol. The molecule has 0 atom stereocenters. The second-order valence-corrected chi connectivity index (χ2v) is 6.56. The number of sulfonamides is 1. The van der Waals surface area contributed by atoms with E-state index in [9.17, 15) is 18.0 Å². The number of carbonyl (C=O) groups is 2. The Labute approximate surface area is 127 Å². The quantitative estimate of drug-likeness (QED) is 0.800. The van der Waals surface area contributed by atoms with Crippen molar-refractivity contribution in [3.8, 4) is 0 Å². The predicted octanol–water partition coefficient (Wildman–Crippen LogP) is 0.795. The number of hydrogen-bond acceptors (Lipinski definition) is 4. The summed E-state index contributed by atoms with van der Waals surface area (Å²) in [5, 5.41) is 8.86. The molecular weight excluding hydrogens is 320 g/mol. The highest BCUT2D eigenvalue weighted by Crippen LogP contribution is 2.20. The van der Waals surface area contributed by atoms with E-state index in [2.05, 4.69) is 4.72 Å². The first-order valence-corrected chi connectivity index (χ1v) is 7.74. The highest BCUT2D eigenvalue weighted by atomic mass is 35.5. The molecule has 116 valence electrons. The van der Waals surface area contributed by atoms with E-state index in [-0.39, 0.29) is 34.4 Å². The average Bonchev–Trinajstić information content (AvgIpc) is 2.38. The zero-order valence-electron chi connectivity index (χ0n) is 11.5. The van der Waals surface area contributed by atoms with Gasteiger partial charge in [-0.25, -0.2) is 17.9 Å². The lowest BCUT2D eigenvalue weighted by molar-refractivity contribution is -0.128. The summed E-state index contributed by atoms with van der Waals surface area (Å²) < 4.78 is 26.2. The minimum Gasteiger partial charge on any atom is -0.478 e. The van der Waals surface area contributed by atoms with Crippen molar-refractivity contribution in [1.29, 1.82) is 0 Å². The van der Waals surface area contributed by atoms with Gasteiger partial charge in [0.2, 0.25) is 15.9 Å². The summed E-state index contributed by atoms with van der Waals surface area (Å²) in [6, 6.07) is 3.37. The summed E-state index contributed by atoms with van der Waals surface area (Å²) in [5.41, 5.74) is -0.302. The van der Waals surface area contributed by atoms with Crippen LogP contribution in [0.5, 0.6) is 0 Å². The predicted molar refractivity (Wildman–Crippen MR) is 76.9 cm³/mol. The van der Waals surface area contributed by atoms with Gasteiger partial charge in [-0.05, 0) is 18.2 Å². The normalized spacial score (nSPS) is 11.2. The first-order chi connectivity index (χ1) is 9.65. The maximum Gasteiger partial charge on any atom is 0.337 e. The number of aromatic carboxylic acids is 1. The molecule has 0 saturated heterocycles. The van der Waals surface area contributed by atoms with Crippen LogP contribution in [0.1, 0.15) is 16.8 Å². The van der Waals surface area contributed by atoms with Gasteiger partial charge < -0.3 is 10.0 Å². The molecular formula is C12H15ClN2O5S. The summed E-state index contributed by atoms with van der Waals surface area (Å²) in [5.74, 6) is -1.54. The minimum atomic E-state index is -3.90. The third-order valence-electron chi connectivity index (χ3n) is 2.61. The Hall–Kier alpha value is -1.64. The monoisotopic (exact) mass is 334 g/mol. The van der Waals surface area contributed by atoms with Crippen molar-refractivity contribution >= 4 is 33.5 Å². The molecule has 0 aromatic heterocycles. The fraction of sp³-hybridized carbons (Fsp3) is 0.333. The second-order valence-electron chi connectivity index (χ2n) is 4.38. The molecule has 1 aromatic rings. The molecule has 0 heterocycles. The number of benzene rings is 1. The van der Waals surface area contributed by atoms with Gasteiger partial charge in [-0.15, -0.1) is 0 Å². The Kier molecular flexibility index (Phi) is 5.70. The van der Waals surface area contributed by atoms with Crippen LogP contribution in [0.15, 0.2) is 23.1 Å². The van der Waals surface area contributed by atoms with Crippen molar-refractivity contribution < 1.29 is 23.1 Å². The summed E-state index contributed by atoms with van der Waals surface area (Å²) in [6.07, 6.45) is 0.00556. The van der Waals surface area contributed by atoms with Gasteiger partial charge in [0.25, 0.3) is 0 Å². The smallest absolute Gasteiger partial charge is 0.337 e. The van der Waals surface area contributed by atoms with Gasteiger partial charge >= 0.3 is 5.97 Å². The van der Waals surface area contributed by atoms with Gasteiger partial charge in [-0.3, -0.25) is 4.79 Å². The first kappa shape index (κ1) is 17.4. The summed E-state index contributed by atoms with van der Waals surface area (Å²) in [6.45, 7) is -0.0790. The number of carbonyl (C=O) groups excluding carboxylic acids is 1. The Bertz CT molecular complexity index is 658. The lowest BCUT2D eigenvalue weighted by Crippen LogP contribution is -2.30. The van der Waals surface area contributed by atoms with Crippen molar-refractivity contribution in [2.24, 2.45) is 0 Å². The Morgan fingerprint density at radius 3 is 2.48 bits per heavy atom. The molecule has 9 heteroatoms. The molecule has 0 bridgehead atoms. The molecule has 1 aromatic carbocycles. The third kappa shape index (κ3) is 4.69. The maximum absolute atomic E-state index is 12.0. The van der Waals surface area contributed by atoms with E-state index in [1.807, 2.05) is 0 Å². The van der Waals surface area contributed by atoms with E-state index in [0.717, 1.165) is 6.07 Å². The van der Waals surface area contributed by atoms with Gasteiger partial charge in [0.15, 0.2) is 0 Å². The van der Waals surface area contributed by atoms with Crippen LogP contribution in [0.4, 0.5) is 0 Å². The SMILES string of the molecule is CN(C)C(=O)CCNS(=O)(=O)c1ccc(Cl)c(C(=O)O)c1. The van der Waals surface area contributed by atoms with Crippen LogP contribution in [-0.2, 0) is 14.8 Å². The van der Waals surface area contributed by atoms with Crippen LogP contribution in [0.3, 0.4) is 0 Å². The van der Waals surface area contributed by atoms with Gasteiger partial charge in [0.1, 0.15) is 0 Å². The van der Waals surface area contributed by atoms with E-state index in [0.29, 0.717) is 0 Å². The molecule has 2 N–H and O–H groups in total. The molecule has 0 aliphatic carbocycles. The number of halogens is 1. The lowest BCUT2D eigenvalue weighted by atomic mass is 10.2. The number of nitrogens with zero attached hydrogens (tertiary/aromatic N) is 1. The Morgan fingerprint density at radius 2 is 1.95 bits per heavy atom. The zero-order chi connectivity index (χ0) is 16.2. The summed E-state index contributed by atoms with van der Waals surface area (Å²) in [7, 11) is -0.768. The molecule has 0 spiro atoms. The largest absolute Gasteiger partial charge is 0.478 e. The number of nitrogens with one attached hydrogen (secondary N) is 1. The number of amides is 1. The summed E-state index contributed by atoms with van der Waals surface area (Å²) in [4.78, 5) is 23.4. The van der Waals surface area contributed by atoms with Gasteiger partial charge in [0, 0.05) is 27.1 Å². The van der Waals surface area contributed by atoms with Crippen LogP contribution in [0.25, 0.3) is 0 Å². The molecule has 7 nitrogen and oxygen atoms in total. The highest BCUT2D eigenvalue weighted by molar-refractivity contribution is 7.89. The fourth-order valence-electron chi connectivity index (χ4n) is 1.43. The van der Waals surface area contributed by atoms with Crippen molar-refractivity contribution in [2.45, 2.75) is 11.3 Å². The van der Waals surface area contributed by atoms with Crippen molar-refractivity contribution in [3.63, 3.8) is 0 Å². The topological polar surface area (TPSA) is 104 Å². The van der Waals surface area contributed by atoms with Crippen LogP contribution in [0.2, 0.25) is 5.02 Å². The maximum atomic E-state index is 12.0. The van der Waals surface area contributed by atoms with Crippen molar-refractivity contribution in [3.05, 3.63) is 28.8 Å². The minimum absolute atomic E-state index is 0.00556. The van der Waals surface area contributed by atoms with E-state index in [4.69, 9.17) is 16.7 Å². The van der Waals surface area contributed by atoms with Crippen LogP contribution >= 0.6 is 11.6 Å². The van der Waals surface area contributed by atoms with E-state index in [1.54, 1.807) is 14.1 Å². The van der Waals surface area contributed by atoms with E-state index < -0.39 is 16.0 Å². The van der Waals surface area contributed by atoms with Crippen molar-refractivity contribution in [2.75, 3.05) is 20.6 Å². The summed E-state index contributed by atoms with van der Waals surface area (Å²) >= 11 is 5.68. The van der Waals surface area contributed by atoms with Crippen LogP contribution in [-0.4, -0.2) is 50.9 Å². The van der Waals surface area contributed by atoms with Gasteiger partial charge in [-0.2, -0.15) is 0 Å². The molecule has 21 heavy (non-hydrogen) atoms. The van der Waals surface area contributed by atoms with E-state index in [1.165, 1.54) is 17.0 Å². The highest BCUT2D eigenvalue weighted by Gasteiger charge is 2.18. The Morgan fingerprint density at radius 1 is 1.33 bits per heavy atom. The zero-order valence-corrected chi connectivity index (χ0v) is 13.0. The third-order valence-corrected chi connectivity index (χ3v) is 4.40. The molecule has 0 aliphatic heterocycles. The lowest BCUT2D eigenvalue weighted by Gasteiger charge is -2.11. The fourth-order valence-corrected chi connectivity index (χ4v) is 2.69. The number of hydrogen-bond donors (Lipinski definition) is 2. The molecule has 0 unspecified atom stereocenters. The van der Waals surface area contributed by atoms with Gasteiger partial charge in [-0.1, -0.05) is 11.6 Å². The number of rotatable bonds is 6. The van der Waals surface area contributed by atoms with E-state index >= 15 is 0 Å². The molecule has 0 radical (unpaired) electrons. The molecule has 0 aliphatic rings. The van der Waals surface area contributed by atoms with Crippen LogP contribution in [0, 0.1) is 0 Å². The molecule has 0 saturated carbocycles. The molecule has 0 fully saturated rings. The molecule has 1 amide bonds. The number of carboxylic acids is 1. The molecule has 1 rings (SSSR count). The first-order valence-electron chi connectivity index (χ1n) is 5.88. The van der Waals surface area contributed by atoms with Gasteiger partial charge in [0.05, 0.1) is 15.5 Å². The Balaban J connectivity index is 2.86. The number of carboxylic acid groups (broad SMARTS) is 1. The standard InChI is InChI=1S/C12H15ClN2O5S/c1-15(2)11(16)5-6-14-21(19,20)8-3-4-10(13)9(7-8)12(17)18/h3-4,7,14H,5-6H2,1-2H3,(H,17,18). The van der Waals surface area contributed by atoms with Crippen LogP contribution < -0.4 is 4.72 Å². The van der Waals surface area contributed by atoms with Crippen molar-refractivity contribution in [1.82, 2.24) is 9.62 Å². The second kappa shape index (κ2) is 6.88.